The second kappa shape index (κ2) is 10.5. The monoisotopic (exact) mass is 560 g/mol. The van der Waals surface area contributed by atoms with Crippen molar-refractivity contribution >= 4 is 34.6 Å². The first kappa shape index (κ1) is 27.7. The van der Waals surface area contributed by atoms with Crippen LogP contribution < -0.4 is 21.7 Å². The first-order chi connectivity index (χ1) is 18.3. The van der Waals surface area contributed by atoms with E-state index < -0.39 is 40.4 Å². The van der Waals surface area contributed by atoms with E-state index in [1.807, 2.05) is 0 Å². The van der Waals surface area contributed by atoms with Gasteiger partial charge in [0.15, 0.2) is 0 Å². The van der Waals surface area contributed by atoms with E-state index in [0.29, 0.717) is 16.2 Å². The zero-order chi connectivity index (χ0) is 28.6. The fraction of sp³-hybridized carbons (Fsp3) is 0.231. The number of amides is 1. The molecule has 3 N–H and O–H groups in total. The van der Waals surface area contributed by atoms with Crippen LogP contribution in [0.1, 0.15) is 36.2 Å². The molecule has 1 amide bonds. The number of halogens is 3. The quantitative estimate of drug-likeness (QED) is 0.356. The normalized spacial score (nSPS) is 11.6. The number of hydrogen-bond donors (Lipinski definition) is 2. The number of carbonyl (C=O) groups excluding carboxylic acids is 2. The fourth-order valence-electron chi connectivity index (χ4n) is 4.00. The van der Waals surface area contributed by atoms with E-state index >= 15 is 0 Å². The summed E-state index contributed by atoms with van der Waals surface area (Å²) in [5, 5.41) is 9.72. The van der Waals surface area contributed by atoms with Crippen LogP contribution in [0.5, 0.6) is 5.75 Å². The van der Waals surface area contributed by atoms with E-state index in [1.54, 1.807) is 6.07 Å². The van der Waals surface area contributed by atoms with Crippen molar-refractivity contribution in [2.75, 3.05) is 0 Å². The molecule has 0 atom stereocenters. The third-order valence-electron chi connectivity index (χ3n) is 5.78. The highest BCUT2D eigenvalue weighted by Gasteiger charge is 2.26. The Balaban J connectivity index is 1.64. The zero-order valence-corrected chi connectivity index (χ0v) is 21.5. The molecule has 0 saturated carbocycles. The molecule has 0 radical (unpaired) electrons. The number of ether oxygens (including phenoxy) is 1. The molecule has 13 heteroatoms. The molecule has 0 unspecified atom stereocenters. The standard InChI is InChI=1S/C26H23ClF2N4O6/c1-26(2,38)11-21(34)32-18-6-3-14(9-19(18)33(24(30)36)25(32)37)12-31-8-7-20(22(27)23(31)35)39-13-15-4-5-16(28)10-17(15)29/h3-10,38H,11-13H2,1-2H3,(H2,30,36). The van der Waals surface area contributed by atoms with E-state index in [9.17, 15) is 33.1 Å². The second-order valence-corrected chi connectivity index (χ2v) is 9.83. The van der Waals surface area contributed by atoms with Crippen molar-refractivity contribution in [2.45, 2.75) is 39.0 Å². The van der Waals surface area contributed by atoms with Crippen molar-refractivity contribution in [3.8, 4) is 5.75 Å². The minimum atomic E-state index is -1.40. The number of benzene rings is 2. The Morgan fingerprint density at radius 3 is 2.41 bits per heavy atom. The summed E-state index contributed by atoms with van der Waals surface area (Å²) in [7, 11) is 0. The molecule has 4 aromatic rings. The lowest BCUT2D eigenvalue weighted by Gasteiger charge is -2.15. The Morgan fingerprint density at radius 1 is 1.05 bits per heavy atom. The van der Waals surface area contributed by atoms with E-state index in [2.05, 4.69) is 0 Å². The van der Waals surface area contributed by atoms with Gasteiger partial charge in [-0.3, -0.25) is 9.59 Å². The molecular formula is C26H23ClF2N4O6. The van der Waals surface area contributed by atoms with Gasteiger partial charge < -0.3 is 20.1 Å². The first-order valence-electron chi connectivity index (χ1n) is 11.5. The highest BCUT2D eigenvalue weighted by atomic mass is 35.5. The van der Waals surface area contributed by atoms with Crippen LogP contribution in [0.2, 0.25) is 5.02 Å². The van der Waals surface area contributed by atoms with Gasteiger partial charge in [0.1, 0.15) is 29.0 Å². The molecule has 0 aliphatic carbocycles. The Labute approximate surface area is 224 Å². The minimum Gasteiger partial charge on any atom is -0.487 e. The second-order valence-electron chi connectivity index (χ2n) is 9.45. The lowest BCUT2D eigenvalue weighted by molar-refractivity contribution is 0.0530. The molecule has 204 valence electrons. The molecular weight excluding hydrogens is 538 g/mol. The van der Waals surface area contributed by atoms with Gasteiger partial charge in [-0.05, 0) is 49.7 Å². The lowest BCUT2D eigenvalue weighted by atomic mass is 10.1. The number of primary amides is 1. The summed E-state index contributed by atoms with van der Waals surface area (Å²) in [6.45, 7) is 2.47. The molecule has 0 aliphatic heterocycles. The maximum absolute atomic E-state index is 13.9. The number of rotatable bonds is 7. The largest absolute Gasteiger partial charge is 0.487 e. The number of nitrogens with zero attached hydrogens (tertiary/aromatic N) is 3. The Hall–Kier alpha value is -4.29. The zero-order valence-electron chi connectivity index (χ0n) is 20.8. The number of imidazole rings is 1. The molecule has 0 saturated heterocycles. The Bertz CT molecular complexity index is 1740. The summed E-state index contributed by atoms with van der Waals surface area (Å²) in [6, 6.07) is 7.69. The van der Waals surface area contributed by atoms with Crippen molar-refractivity contribution < 1.29 is 28.2 Å². The van der Waals surface area contributed by atoms with Crippen molar-refractivity contribution in [3.05, 3.63) is 97.3 Å². The highest BCUT2D eigenvalue weighted by molar-refractivity contribution is 6.31. The van der Waals surface area contributed by atoms with Gasteiger partial charge in [0, 0.05) is 17.8 Å². The third kappa shape index (κ3) is 5.76. The van der Waals surface area contributed by atoms with Gasteiger partial charge in [0.05, 0.1) is 29.6 Å². The Morgan fingerprint density at radius 2 is 1.77 bits per heavy atom. The van der Waals surface area contributed by atoms with Crippen LogP contribution in [0, 0.1) is 11.6 Å². The third-order valence-corrected chi connectivity index (χ3v) is 6.13. The number of pyridine rings is 1. The average molecular weight is 561 g/mol. The van der Waals surface area contributed by atoms with Gasteiger partial charge in [-0.15, -0.1) is 0 Å². The minimum absolute atomic E-state index is 0.0120. The summed E-state index contributed by atoms with van der Waals surface area (Å²) in [5.41, 5.74) is 3.03. The SMILES string of the molecule is CC(C)(O)CC(=O)n1c(=O)n(C(N)=O)c2cc(Cn3ccc(OCc4ccc(F)cc4F)c(Cl)c3=O)ccc21. The molecule has 0 bridgehead atoms. The summed E-state index contributed by atoms with van der Waals surface area (Å²) in [6.07, 6.45) is 0.997. The number of hydrogen-bond acceptors (Lipinski definition) is 6. The Kier molecular flexibility index (Phi) is 7.44. The maximum Gasteiger partial charge on any atom is 0.344 e. The van der Waals surface area contributed by atoms with Crippen LogP contribution in [0.4, 0.5) is 13.6 Å². The summed E-state index contributed by atoms with van der Waals surface area (Å²) in [5.74, 6) is -2.29. The summed E-state index contributed by atoms with van der Waals surface area (Å²) >= 11 is 6.19. The van der Waals surface area contributed by atoms with Crippen molar-refractivity contribution in [1.29, 1.82) is 0 Å². The maximum atomic E-state index is 13.9. The van der Waals surface area contributed by atoms with Crippen LogP contribution in [0.3, 0.4) is 0 Å². The van der Waals surface area contributed by atoms with E-state index in [4.69, 9.17) is 22.1 Å². The summed E-state index contributed by atoms with van der Waals surface area (Å²) in [4.78, 5) is 50.5. The van der Waals surface area contributed by atoms with Crippen LogP contribution >= 0.6 is 11.6 Å². The van der Waals surface area contributed by atoms with Crippen LogP contribution in [0.25, 0.3) is 11.0 Å². The van der Waals surface area contributed by atoms with Crippen LogP contribution in [-0.4, -0.2) is 36.3 Å². The predicted molar refractivity (Wildman–Crippen MR) is 138 cm³/mol. The number of nitrogens with two attached hydrogens (primary N) is 1. The summed E-state index contributed by atoms with van der Waals surface area (Å²) < 4.78 is 35.1. The lowest BCUT2D eigenvalue weighted by Crippen LogP contribution is -2.37. The molecule has 0 spiro atoms. The number of aliphatic hydroxyl groups is 1. The topological polar surface area (TPSA) is 139 Å². The first-order valence-corrected chi connectivity index (χ1v) is 11.9. The van der Waals surface area contributed by atoms with Gasteiger partial charge >= 0.3 is 11.7 Å². The van der Waals surface area contributed by atoms with Gasteiger partial charge in [-0.25, -0.2) is 27.5 Å². The number of carbonyl (C=O) groups is 2. The highest BCUT2D eigenvalue weighted by Crippen LogP contribution is 2.23. The van der Waals surface area contributed by atoms with Crippen LogP contribution in [0.15, 0.2) is 58.3 Å². The molecule has 2 aromatic heterocycles. The molecule has 0 fully saturated rings. The van der Waals surface area contributed by atoms with Crippen molar-refractivity contribution in [1.82, 2.24) is 13.7 Å². The van der Waals surface area contributed by atoms with Crippen molar-refractivity contribution in [3.63, 3.8) is 0 Å². The van der Waals surface area contributed by atoms with Gasteiger partial charge in [-0.2, -0.15) is 0 Å². The van der Waals surface area contributed by atoms with Crippen LogP contribution in [-0.2, 0) is 13.2 Å². The average Bonchev–Trinajstić information content (AvgIpc) is 3.12. The van der Waals surface area contributed by atoms with E-state index in [1.165, 1.54) is 48.9 Å². The number of fused-ring (bicyclic) bond motifs is 1. The number of aromatic nitrogens is 3. The van der Waals surface area contributed by atoms with E-state index in [-0.39, 0.29) is 46.9 Å². The fourth-order valence-corrected chi connectivity index (χ4v) is 4.23. The van der Waals surface area contributed by atoms with Gasteiger partial charge in [0.2, 0.25) is 5.91 Å². The molecule has 39 heavy (non-hydrogen) atoms. The molecule has 4 rings (SSSR count). The molecule has 2 heterocycles. The predicted octanol–water partition coefficient (Wildman–Crippen LogP) is 3.25. The molecule has 0 aliphatic rings. The molecule has 10 nitrogen and oxygen atoms in total. The smallest absolute Gasteiger partial charge is 0.344 e. The van der Waals surface area contributed by atoms with E-state index in [0.717, 1.165) is 10.6 Å². The van der Waals surface area contributed by atoms with Crippen molar-refractivity contribution in [2.24, 2.45) is 5.73 Å². The van der Waals surface area contributed by atoms with Gasteiger partial charge in [-0.1, -0.05) is 17.7 Å². The van der Waals surface area contributed by atoms with Gasteiger partial charge in [0.25, 0.3) is 5.56 Å². The molecule has 2 aromatic carbocycles.